The summed E-state index contributed by atoms with van der Waals surface area (Å²) in [6, 6.07) is 1.66. The van der Waals surface area contributed by atoms with Crippen LogP contribution in [0.15, 0.2) is 0 Å². The maximum absolute atomic E-state index is 2.83. The van der Waals surface area contributed by atoms with Gasteiger partial charge in [0.05, 0.1) is 0 Å². The summed E-state index contributed by atoms with van der Waals surface area (Å²) in [4.78, 5) is 5.62. The topological polar surface area (TPSA) is 6.48 Å². The SMILES string of the molecule is CC(C)CCCCN1CC2CCCCN2CC1C(C)C. The molecule has 0 bridgehead atoms. The van der Waals surface area contributed by atoms with Gasteiger partial charge >= 0.3 is 0 Å². The molecule has 118 valence electrons. The molecule has 20 heavy (non-hydrogen) atoms. The highest BCUT2D eigenvalue weighted by atomic mass is 15.3. The second-order valence-electron chi connectivity index (χ2n) is 7.84. The van der Waals surface area contributed by atoms with Crippen molar-refractivity contribution < 1.29 is 0 Å². The molecule has 2 unspecified atom stereocenters. The quantitative estimate of drug-likeness (QED) is 0.678. The molecular weight excluding hydrogens is 244 g/mol. The third-order valence-corrected chi connectivity index (χ3v) is 5.33. The Bertz CT molecular complexity index is 275. The van der Waals surface area contributed by atoms with Crippen LogP contribution in [0.2, 0.25) is 0 Å². The van der Waals surface area contributed by atoms with Crippen molar-refractivity contribution in [1.29, 1.82) is 0 Å². The molecule has 0 spiro atoms. The van der Waals surface area contributed by atoms with E-state index in [4.69, 9.17) is 0 Å². The van der Waals surface area contributed by atoms with Crippen LogP contribution in [0.1, 0.15) is 66.2 Å². The smallest absolute Gasteiger partial charge is 0.0246 e. The zero-order valence-corrected chi connectivity index (χ0v) is 14.3. The third kappa shape index (κ3) is 4.46. The van der Waals surface area contributed by atoms with Gasteiger partial charge in [-0.3, -0.25) is 9.80 Å². The van der Waals surface area contributed by atoms with Crippen LogP contribution in [0.3, 0.4) is 0 Å². The van der Waals surface area contributed by atoms with Gasteiger partial charge in [-0.15, -0.1) is 0 Å². The van der Waals surface area contributed by atoms with Crippen molar-refractivity contribution in [2.75, 3.05) is 26.2 Å². The van der Waals surface area contributed by atoms with E-state index >= 15 is 0 Å². The fourth-order valence-electron chi connectivity index (χ4n) is 4.03. The maximum Gasteiger partial charge on any atom is 0.0246 e. The van der Waals surface area contributed by atoms with E-state index in [1.165, 1.54) is 64.7 Å². The standard InChI is InChI=1S/C18H36N2/c1-15(2)9-5-7-12-20-13-17-10-6-8-11-19(17)14-18(20)16(3)4/h15-18H,5-14H2,1-4H3. The number of piperidine rings is 1. The molecule has 2 fully saturated rings. The fourth-order valence-corrected chi connectivity index (χ4v) is 4.03. The first-order chi connectivity index (χ1) is 9.58. The molecule has 2 aliphatic rings. The summed E-state index contributed by atoms with van der Waals surface area (Å²) in [5, 5.41) is 0. The minimum absolute atomic E-state index is 0.794. The van der Waals surface area contributed by atoms with Crippen molar-refractivity contribution in [2.45, 2.75) is 78.3 Å². The van der Waals surface area contributed by atoms with Crippen LogP contribution in [-0.2, 0) is 0 Å². The van der Waals surface area contributed by atoms with Gasteiger partial charge in [-0.25, -0.2) is 0 Å². The lowest BCUT2D eigenvalue weighted by Gasteiger charge is -2.50. The van der Waals surface area contributed by atoms with Crippen LogP contribution in [-0.4, -0.2) is 48.1 Å². The lowest BCUT2D eigenvalue weighted by molar-refractivity contribution is -0.00814. The van der Waals surface area contributed by atoms with E-state index in [0.29, 0.717) is 0 Å². The lowest BCUT2D eigenvalue weighted by atomic mass is 9.92. The van der Waals surface area contributed by atoms with Gasteiger partial charge in [0.1, 0.15) is 0 Å². The largest absolute Gasteiger partial charge is 0.298 e. The molecule has 0 aromatic rings. The number of nitrogens with zero attached hydrogens (tertiary/aromatic N) is 2. The van der Waals surface area contributed by atoms with E-state index in [0.717, 1.165) is 23.9 Å². The van der Waals surface area contributed by atoms with Gasteiger partial charge in [-0.05, 0) is 44.2 Å². The van der Waals surface area contributed by atoms with Gasteiger partial charge in [0.2, 0.25) is 0 Å². The molecule has 0 aliphatic carbocycles. The molecule has 2 saturated heterocycles. The molecule has 2 nitrogen and oxygen atoms in total. The molecule has 2 heteroatoms. The first-order valence-electron chi connectivity index (χ1n) is 9.06. The Labute approximate surface area is 126 Å². The fraction of sp³-hybridized carbons (Fsp3) is 1.00. The average molecular weight is 280 g/mol. The van der Waals surface area contributed by atoms with Crippen molar-refractivity contribution in [3.8, 4) is 0 Å². The normalized spacial score (nSPS) is 29.1. The number of unbranched alkanes of at least 4 members (excludes halogenated alkanes) is 1. The number of hydrogen-bond acceptors (Lipinski definition) is 2. The Morgan fingerprint density at radius 3 is 2.50 bits per heavy atom. The molecule has 2 rings (SSSR count). The highest BCUT2D eigenvalue weighted by molar-refractivity contribution is 4.91. The highest BCUT2D eigenvalue weighted by Crippen LogP contribution is 2.27. The van der Waals surface area contributed by atoms with E-state index in [-0.39, 0.29) is 0 Å². The number of hydrogen-bond donors (Lipinski definition) is 0. The molecule has 0 saturated carbocycles. The summed E-state index contributed by atoms with van der Waals surface area (Å²) < 4.78 is 0. The lowest BCUT2D eigenvalue weighted by Crippen LogP contribution is -2.61. The second-order valence-corrected chi connectivity index (χ2v) is 7.84. The van der Waals surface area contributed by atoms with Crippen LogP contribution in [0.4, 0.5) is 0 Å². The van der Waals surface area contributed by atoms with Crippen LogP contribution in [0.5, 0.6) is 0 Å². The van der Waals surface area contributed by atoms with Crippen LogP contribution >= 0.6 is 0 Å². The highest BCUT2D eigenvalue weighted by Gasteiger charge is 2.35. The van der Waals surface area contributed by atoms with Crippen molar-refractivity contribution in [2.24, 2.45) is 11.8 Å². The summed E-state index contributed by atoms with van der Waals surface area (Å²) in [5.74, 6) is 1.66. The van der Waals surface area contributed by atoms with E-state index < -0.39 is 0 Å². The van der Waals surface area contributed by atoms with Gasteiger partial charge in [-0.1, -0.05) is 47.0 Å². The molecule has 2 atom stereocenters. The van der Waals surface area contributed by atoms with Gasteiger partial charge in [0, 0.05) is 25.2 Å². The van der Waals surface area contributed by atoms with Crippen LogP contribution < -0.4 is 0 Å². The average Bonchev–Trinajstić information content (AvgIpc) is 2.42. The van der Waals surface area contributed by atoms with Crippen LogP contribution in [0.25, 0.3) is 0 Å². The molecule has 0 N–H and O–H groups in total. The summed E-state index contributed by atoms with van der Waals surface area (Å²) in [6.45, 7) is 14.9. The molecule has 2 aliphatic heterocycles. The monoisotopic (exact) mass is 280 g/mol. The first-order valence-corrected chi connectivity index (χ1v) is 9.06. The van der Waals surface area contributed by atoms with Crippen molar-refractivity contribution in [1.82, 2.24) is 9.80 Å². The predicted molar refractivity (Wildman–Crippen MR) is 88.1 cm³/mol. The number of piperazine rings is 1. The maximum atomic E-state index is 2.83. The van der Waals surface area contributed by atoms with Crippen LogP contribution in [0, 0.1) is 11.8 Å². The van der Waals surface area contributed by atoms with E-state index in [9.17, 15) is 0 Å². The Balaban J connectivity index is 1.84. The van der Waals surface area contributed by atoms with Gasteiger partial charge in [0.15, 0.2) is 0 Å². The van der Waals surface area contributed by atoms with Gasteiger partial charge < -0.3 is 0 Å². The van der Waals surface area contributed by atoms with E-state index in [1.807, 2.05) is 0 Å². The second kappa shape index (κ2) is 7.79. The van der Waals surface area contributed by atoms with Crippen molar-refractivity contribution in [3.05, 3.63) is 0 Å². The molecule has 2 heterocycles. The zero-order chi connectivity index (χ0) is 14.5. The summed E-state index contributed by atoms with van der Waals surface area (Å²) in [6.07, 6.45) is 8.52. The zero-order valence-electron chi connectivity index (χ0n) is 14.3. The Hall–Kier alpha value is -0.0800. The Kier molecular flexibility index (Phi) is 6.35. The molecule has 0 radical (unpaired) electrons. The van der Waals surface area contributed by atoms with E-state index in [1.54, 1.807) is 0 Å². The minimum Gasteiger partial charge on any atom is -0.298 e. The summed E-state index contributed by atoms with van der Waals surface area (Å²) in [7, 11) is 0. The number of rotatable bonds is 6. The molecule has 0 amide bonds. The van der Waals surface area contributed by atoms with E-state index in [2.05, 4.69) is 37.5 Å². The molecular formula is C18H36N2. The first kappa shape index (κ1) is 16.3. The predicted octanol–water partition coefficient (Wildman–Crippen LogP) is 4.01. The molecule has 0 aromatic carbocycles. The molecule has 0 aromatic heterocycles. The van der Waals surface area contributed by atoms with Crippen molar-refractivity contribution in [3.63, 3.8) is 0 Å². The summed E-state index contributed by atoms with van der Waals surface area (Å²) in [5.41, 5.74) is 0. The number of fused-ring (bicyclic) bond motifs is 1. The third-order valence-electron chi connectivity index (χ3n) is 5.33. The summed E-state index contributed by atoms with van der Waals surface area (Å²) >= 11 is 0. The Morgan fingerprint density at radius 2 is 1.80 bits per heavy atom. The Morgan fingerprint density at radius 1 is 1.00 bits per heavy atom. The van der Waals surface area contributed by atoms with Gasteiger partial charge in [0.25, 0.3) is 0 Å². The van der Waals surface area contributed by atoms with Crippen molar-refractivity contribution >= 4 is 0 Å². The van der Waals surface area contributed by atoms with Gasteiger partial charge in [-0.2, -0.15) is 0 Å². The minimum atomic E-state index is 0.794.